The Labute approximate surface area is 158 Å². The maximum atomic E-state index is 12.4. The normalized spacial score (nSPS) is 18.9. The van der Waals surface area contributed by atoms with E-state index >= 15 is 0 Å². The molecule has 0 aromatic heterocycles. The van der Waals surface area contributed by atoms with E-state index in [-0.39, 0.29) is 42.3 Å². The summed E-state index contributed by atoms with van der Waals surface area (Å²) < 4.78 is 37.1. The molecule has 1 unspecified atom stereocenters. The number of guanidine groups is 1. The molecule has 1 fully saturated rings. The van der Waals surface area contributed by atoms with E-state index in [4.69, 9.17) is 0 Å². The molecule has 1 saturated heterocycles. The lowest BCUT2D eigenvalue weighted by Crippen LogP contribution is -2.41. The van der Waals surface area contributed by atoms with Gasteiger partial charge in [-0.3, -0.25) is 9.69 Å². The Morgan fingerprint density at radius 3 is 2.54 bits per heavy atom. The first-order valence-corrected chi connectivity index (χ1v) is 7.72. The quantitative estimate of drug-likeness (QED) is 0.351. The Morgan fingerprint density at radius 2 is 2.00 bits per heavy atom. The zero-order valence-corrected chi connectivity index (χ0v) is 16.6. The van der Waals surface area contributed by atoms with Gasteiger partial charge in [-0.15, -0.1) is 24.0 Å². The molecular weight excluding hydrogens is 438 g/mol. The molecule has 6 nitrogen and oxygen atoms in total. The van der Waals surface area contributed by atoms with Crippen LogP contribution in [0.3, 0.4) is 0 Å². The van der Waals surface area contributed by atoms with E-state index in [9.17, 15) is 18.0 Å². The number of hydrogen-bond acceptors (Lipinski definition) is 3. The van der Waals surface area contributed by atoms with E-state index in [1.165, 1.54) is 9.80 Å². The lowest BCUT2D eigenvalue weighted by atomic mass is 10.1. The van der Waals surface area contributed by atoms with Crippen molar-refractivity contribution in [2.45, 2.75) is 19.5 Å². The minimum Gasteiger partial charge on any atom is -0.357 e. The van der Waals surface area contributed by atoms with Gasteiger partial charge in [0.2, 0.25) is 5.91 Å². The Bertz CT molecular complexity index is 418. The monoisotopic (exact) mass is 465 g/mol. The van der Waals surface area contributed by atoms with Crippen molar-refractivity contribution in [3.63, 3.8) is 0 Å². The largest absolute Gasteiger partial charge is 0.401 e. The standard InChI is InChI=1S/C14H26F3N5O.HI/c1-4-18-13(20-8-12(23)21(2)3)19-7-11-5-6-22(9-11)10-14(15,16)17;/h11H,4-10H2,1-3H3,(H2,18,19,20);1H. The summed E-state index contributed by atoms with van der Waals surface area (Å²) in [6.07, 6.45) is -3.43. The summed E-state index contributed by atoms with van der Waals surface area (Å²) >= 11 is 0. The molecule has 0 radical (unpaired) electrons. The van der Waals surface area contributed by atoms with Gasteiger partial charge in [0.1, 0.15) is 6.54 Å². The summed E-state index contributed by atoms with van der Waals surface area (Å²) in [7, 11) is 3.32. The van der Waals surface area contributed by atoms with E-state index in [0.717, 1.165) is 6.42 Å². The van der Waals surface area contributed by atoms with Gasteiger partial charge in [0, 0.05) is 33.7 Å². The van der Waals surface area contributed by atoms with E-state index < -0.39 is 12.7 Å². The van der Waals surface area contributed by atoms with Crippen LogP contribution in [-0.4, -0.2) is 81.2 Å². The predicted molar refractivity (Wildman–Crippen MR) is 98.7 cm³/mol. The number of halogens is 4. The molecule has 10 heteroatoms. The average Bonchev–Trinajstić information content (AvgIpc) is 2.86. The average molecular weight is 465 g/mol. The van der Waals surface area contributed by atoms with Gasteiger partial charge in [0.25, 0.3) is 0 Å². The Balaban J connectivity index is 0.00000529. The summed E-state index contributed by atoms with van der Waals surface area (Å²) in [5, 5.41) is 6.13. The van der Waals surface area contributed by atoms with Crippen molar-refractivity contribution in [3.8, 4) is 0 Å². The summed E-state index contributed by atoms with van der Waals surface area (Å²) in [6.45, 7) is 3.15. The molecule has 1 rings (SSSR count). The number of nitrogens with zero attached hydrogens (tertiary/aromatic N) is 3. The fourth-order valence-corrected chi connectivity index (χ4v) is 2.35. The van der Waals surface area contributed by atoms with Gasteiger partial charge in [-0.1, -0.05) is 0 Å². The number of hydrogen-bond donors (Lipinski definition) is 2. The molecule has 1 amide bonds. The molecule has 2 N–H and O–H groups in total. The smallest absolute Gasteiger partial charge is 0.357 e. The molecule has 1 atom stereocenters. The third-order valence-electron chi connectivity index (χ3n) is 3.55. The van der Waals surface area contributed by atoms with Crippen molar-refractivity contribution < 1.29 is 18.0 Å². The zero-order valence-electron chi connectivity index (χ0n) is 14.3. The highest BCUT2D eigenvalue weighted by molar-refractivity contribution is 14.0. The van der Waals surface area contributed by atoms with Crippen LogP contribution in [0.15, 0.2) is 4.99 Å². The van der Waals surface area contributed by atoms with Crippen LogP contribution in [0, 0.1) is 5.92 Å². The molecular formula is C14H27F3IN5O. The first kappa shape index (κ1) is 23.2. The Kier molecular flexibility index (Phi) is 10.6. The number of rotatable bonds is 6. The van der Waals surface area contributed by atoms with Crippen molar-refractivity contribution in [2.75, 3.05) is 53.4 Å². The van der Waals surface area contributed by atoms with Gasteiger partial charge in [-0.25, -0.2) is 4.99 Å². The summed E-state index contributed by atoms with van der Waals surface area (Å²) in [5.41, 5.74) is 0. The molecule has 0 bridgehead atoms. The first-order chi connectivity index (χ1) is 10.7. The number of likely N-dealkylation sites (N-methyl/N-ethyl adjacent to an activating group) is 1. The number of carbonyl (C=O) groups is 1. The van der Waals surface area contributed by atoms with Crippen LogP contribution >= 0.6 is 24.0 Å². The third-order valence-corrected chi connectivity index (χ3v) is 3.55. The topological polar surface area (TPSA) is 60.0 Å². The van der Waals surface area contributed by atoms with E-state index in [0.29, 0.717) is 32.1 Å². The number of aliphatic imine (C=N–C) groups is 1. The molecule has 1 heterocycles. The predicted octanol–water partition coefficient (Wildman–Crippen LogP) is 1.13. The van der Waals surface area contributed by atoms with Gasteiger partial charge in [0.05, 0.1) is 6.54 Å². The minimum absolute atomic E-state index is 0. The maximum absolute atomic E-state index is 12.4. The van der Waals surface area contributed by atoms with Gasteiger partial charge in [-0.05, 0) is 25.8 Å². The maximum Gasteiger partial charge on any atom is 0.401 e. The second-order valence-electron chi connectivity index (χ2n) is 5.87. The van der Waals surface area contributed by atoms with E-state index in [1.807, 2.05) is 6.92 Å². The summed E-state index contributed by atoms with van der Waals surface area (Å²) in [6, 6.07) is 0. The highest BCUT2D eigenvalue weighted by Gasteiger charge is 2.34. The molecule has 0 saturated carbocycles. The van der Waals surface area contributed by atoms with Crippen molar-refractivity contribution in [2.24, 2.45) is 10.9 Å². The van der Waals surface area contributed by atoms with Crippen LogP contribution in [0.5, 0.6) is 0 Å². The highest BCUT2D eigenvalue weighted by Crippen LogP contribution is 2.22. The lowest BCUT2D eigenvalue weighted by Gasteiger charge is -2.18. The first-order valence-electron chi connectivity index (χ1n) is 7.72. The number of amides is 1. The minimum atomic E-state index is -4.15. The van der Waals surface area contributed by atoms with E-state index in [1.54, 1.807) is 14.1 Å². The Hall–Kier alpha value is -0.780. The molecule has 1 aliphatic rings. The molecule has 1 aliphatic heterocycles. The summed E-state index contributed by atoms with van der Waals surface area (Å²) in [4.78, 5) is 18.6. The zero-order chi connectivity index (χ0) is 17.5. The van der Waals surface area contributed by atoms with Crippen molar-refractivity contribution in [1.82, 2.24) is 20.4 Å². The van der Waals surface area contributed by atoms with E-state index in [2.05, 4.69) is 15.6 Å². The molecule has 0 spiro atoms. The van der Waals surface area contributed by atoms with Gasteiger partial charge < -0.3 is 15.5 Å². The number of alkyl halides is 3. The van der Waals surface area contributed by atoms with Crippen LogP contribution in [0.2, 0.25) is 0 Å². The SMILES string of the molecule is CCNC(=NCC(=O)N(C)C)NCC1CCN(CC(F)(F)F)C1.I. The molecule has 24 heavy (non-hydrogen) atoms. The molecule has 0 aliphatic carbocycles. The van der Waals surface area contributed by atoms with Gasteiger partial charge in [-0.2, -0.15) is 13.2 Å². The van der Waals surface area contributed by atoms with Gasteiger partial charge >= 0.3 is 6.18 Å². The van der Waals surface area contributed by atoms with Crippen LogP contribution < -0.4 is 10.6 Å². The highest BCUT2D eigenvalue weighted by atomic mass is 127. The third kappa shape index (κ3) is 9.50. The molecule has 0 aromatic rings. The second kappa shape index (κ2) is 11.0. The fourth-order valence-electron chi connectivity index (χ4n) is 2.35. The van der Waals surface area contributed by atoms with Gasteiger partial charge in [0.15, 0.2) is 5.96 Å². The van der Waals surface area contributed by atoms with Crippen molar-refractivity contribution >= 4 is 35.8 Å². The number of nitrogens with one attached hydrogen (secondary N) is 2. The molecule has 0 aromatic carbocycles. The Morgan fingerprint density at radius 1 is 1.33 bits per heavy atom. The fraction of sp³-hybridized carbons (Fsp3) is 0.857. The summed E-state index contributed by atoms with van der Waals surface area (Å²) in [5.74, 6) is 0.544. The van der Waals surface area contributed by atoms with Crippen molar-refractivity contribution in [3.05, 3.63) is 0 Å². The van der Waals surface area contributed by atoms with Crippen LogP contribution in [0.1, 0.15) is 13.3 Å². The van der Waals surface area contributed by atoms with Crippen LogP contribution in [0.25, 0.3) is 0 Å². The van der Waals surface area contributed by atoms with Crippen molar-refractivity contribution in [1.29, 1.82) is 0 Å². The molecule has 142 valence electrons. The lowest BCUT2D eigenvalue weighted by molar-refractivity contribution is -0.143. The number of likely N-dealkylation sites (tertiary alicyclic amines) is 1. The van der Waals surface area contributed by atoms with Crippen LogP contribution in [0.4, 0.5) is 13.2 Å². The number of carbonyl (C=O) groups excluding carboxylic acids is 1. The second-order valence-corrected chi connectivity index (χ2v) is 5.87. The van der Waals surface area contributed by atoms with Crippen LogP contribution in [-0.2, 0) is 4.79 Å².